The summed E-state index contributed by atoms with van der Waals surface area (Å²) in [7, 11) is 0. The molecule has 5 heteroatoms. The lowest BCUT2D eigenvalue weighted by molar-refractivity contribution is 0.0954. The molecular formula is C34H36N4O. The fourth-order valence-electron chi connectivity index (χ4n) is 4.44. The molecule has 39 heavy (non-hydrogen) atoms. The highest BCUT2D eigenvalue weighted by Crippen LogP contribution is 2.40. The molecule has 0 amide bonds. The first-order valence-corrected chi connectivity index (χ1v) is 13.6. The molecule has 0 atom stereocenters. The van der Waals surface area contributed by atoms with E-state index >= 15 is 0 Å². The maximum absolute atomic E-state index is 9.69. The first-order chi connectivity index (χ1) is 18.9. The van der Waals surface area contributed by atoms with Gasteiger partial charge in [0.15, 0.2) is 11.3 Å². The van der Waals surface area contributed by atoms with Crippen LogP contribution in [0.25, 0.3) is 18.2 Å². The number of allylic oxidation sites excluding steroid dienone is 2. The molecule has 0 N–H and O–H groups in total. The van der Waals surface area contributed by atoms with E-state index in [9.17, 15) is 15.8 Å². The Labute approximate surface area is 233 Å². The molecule has 0 unspecified atom stereocenters. The largest absolute Gasteiger partial charge is 0.480 e. The zero-order chi connectivity index (χ0) is 28.3. The molecule has 5 nitrogen and oxygen atoms in total. The second-order valence-corrected chi connectivity index (χ2v) is 10.1. The molecule has 0 aliphatic carbocycles. The monoisotopic (exact) mass is 516 g/mol. The maximum atomic E-state index is 9.69. The van der Waals surface area contributed by atoms with E-state index in [1.807, 2.05) is 62.4 Å². The van der Waals surface area contributed by atoms with E-state index in [0.717, 1.165) is 29.8 Å². The second-order valence-electron chi connectivity index (χ2n) is 10.1. The number of rotatable bonds is 11. The van der Waals surface area contributed by atoms with Crippen molar-refractivity contribution < 1.29 is 4.74 Å². The van der Waals surface area contributed by atoms with Crippen molar-refractivity contribution in [2.45, 2.75) is 59.0 Å². The Morgan fingerprint density at radius 1 is 0.769 bits per heavy atom. The molecule has 2 aromatic carbocycles. The fraction of sp³-hybridized carbons (Fsp3) is 0.324. The van der Waals surface area contributed by atoms with E-state index in [-0.39, 0.29) is 16.9 Å². The Bertz CT molecular complexity index is 1360. The number of unbranched alkanes of at least 4 members (excludes halogenated alkanes) is 2. The summed E-state index contributed by atoms with van der Waals surface area (Å²) in [5.74, 6) is 0.0512. The third kappa shape index (κ3) is 7.50. The quantitative estimate of drug-likeness (QED) is 0.222. The summed E-state index contributed by atoms with van der Waals surface area (Å²) in [6, 6.07) is 22.6. The number of anilines is 1. The standard InChI is InChI=1S/C34H36N4O/c1-5-7-21-38(22-8-6-2)30-18-15-28(16-19-30)14-11-26-9-12-27(13-10-26)17-20-32-31(25-37)33(29(23-35)24-36)39-34(32,3)4/h9-20H,5-8,21-22H2,1-4H3. The molecular weight excluding hydrogens is 480 g/mol. The molecule has 1 heterocycles. The third-order valence-electron chi connectivity index (χ3n) is 6.73. The van der Waals surface area contributed by atoms with Crippen LogP contribution in [0.2, 0.25) is 0 Å². The Balaban J connectivity index is 1.72. The van der Waals surface area contributed by atoms with Gasteiger partial charge >= 0.3 is 0 Å². The average Bonchev–Trinajstić information content (AvgIpc) is 3.21. The Kier molecular flexibility index (Phi) is 10.3. The average molecular weight is 517 g/mol. The van der Waals surface area contributed by atoms with Crippen LogP contribution in [-0.2, 0) is 4.74 Å². The molecule has 3 rings (SSSR count). The van der Waals surface area contributed by atoms with Crippen molar-refractivity contribution in [1.82, 2.24) is 0 Å². The molecule has 0 saturated carbocycles. The van der Waals surface area contributed by atoms with Crippen molar-refractivity contribution in [3.8, 4) is 18.2 Å². The summed E-state index contributed by atoms with van der Waals surface area (Å²) >= 11 is 0. The van der Waals surface area contributed by atoms with E-state index in [1.54, 1.807) is 0 Å². The van der Waals surface area contributed by atoms with Gasteiger partial charge in [0.25, 0.3) is 0 Å². The Morgan fingerprint density at radius 2 is 1.23 bits per heavy atom. The predicted octanol–water partition coefficient (Wildman–Crippen LogP) is 8.21. The van der Waals surface area contributed by atoms with Crippen LogP contribution >= 0.6 is 0 Å². The molecule has 0 radical (unpaired) electrons. The van der Waals surface area contributed by atoms with Crippen LogP contribution < -0.4 is 4.90 Å². The van der Waals surface area contributed by atoms with Crippen LogP contribution in [0.5, 0.6) is 0 Å². The van der Waals surface area contributed by atoms with Gasteiger partial charge in [-0.1, -0.05) is 87.4 Å². The summed E-state index contributed by atoms with van der Waals surface area (Å²) in [6.07, 6.45) is 12.8. The van der Waals surface area contributed by atoms with Crippen molar-refractivity contribution in [2.75, 3.05) is 18.0 Å². The highest BCUT2D eigenvalue weighted by molar-refractivity contribution is 5.71. The van der Waals surface area contributed by atoms with Gasteiger partial charge in [-0.3, -0.25) is 0 Å². The van der Waals surface area contributed by atoms with Crippen LogP contribution in [0.3, 0.4) is 0 Å². The van der Waals surface area contributed by atoms with Gasteiger partial charge in [0.1, 0.15) is 29.4 Å². The van der Waals surface area contributed by atoms with Crippen molar-refractivity contribution >= 4 is 23.9 Å². The molecule has 0 fully saturated rings. The van der Waals surface area contributed by atoms with E-state index in [2.05, 4.69) is 61.2 Å². The first-order valence-electron chi connectivity index (χ1n) is 13.6. The molecule has 0 saturated heterocycles. The van der Waals surface area contributed by atoms with Crippen molar-refractivity contribution in [3.63, 3.8) is 0 Å². The fourth-order valence-corrected chi connectivity index (χ4v) is 4.44. The maximum Gasteiger partial charge on any atom is 0.172 e. The predicted molar refractivity (Wildman–Crippen MR) is 159 cm³/mol. The lowest BCUT2D eigenvalue weighted by atomic mass is 9.94. The van der Waals surface area contributed by atoms with E-state index in [4.69, 9.17) is 4.74 Å². The molecule has 0 aromatic heterocycles. The minimum atomic E-state index is -0.822. The number of hydrogen-bond donors (Lipinski definition) is 0. The zero-order valence-corrected chi connectivity index (χ0v) is 23.4. The summed E-state index contributed by atoms with van der Waals surface area (Å²) in [5, 5.41) is 28.2. The van der Waals surface area contributed by atoms with Gasteiger partial charge in [0.05, 0.1) is 0 Å². The van der Waals surface area contributed by atoms with Gasteiger partial charge in [0.2, 0.25) is 0 Å². The lowest BCUT2D eigenvalue weighted by Crippen LogP contribution is -2.25. The SMILES string of the molecule is CCCCN(CCCC)c1ccc(C=Cc2ccc(C=CC3=C(C#N)C(=C(C#N)C#N)OC3(C)C)cc2)cc1. The highest BCUT2D eigenvalue weighted by Gasteiger charge is 2.38. The highest BCUT2D eigenvalue weighted by atomic mass is 16.5. The number of nitriles is 3. The molecule has 0 bridgehead atoms. The normalized spacial score (nSPS) is 14.2. The minimum Gasteiger partial charge on any atom is -0.480 e. The van der Waals surface area contributed by atoms with Gasteiger partial charge in [-0.15, -0.1) is 0 Å². The molecule has 2 aromatic rings. The van der Waals surface area contributed by atoms with Crippen molar-refractivity contribution in [3.05, 3.63) is 93.8 Å². The van der Waals surface area contributed by atoms with Crippen LogP contribution in [0.4, 0.5) is 5.69 Å². The Hall–Kier alpha value is -4.53. The van der Waals surface area contributed by atoms with E-state index in [1.165, 1.54) is 31.4 Å². The number of benzene rings is 2. The summed E-state index contributed by atoms with van der Waals surface area (Å²) in [5.41, 5.74) is 4.34. The summed E-state index contributed by atoms with van der Waals surface area (Å²) < 4.78 is 5.82. The smallest absolute Gasteiger partial charge is 0.172 e. The Morgan fingerprint density at radius 3 is 1.67 bits per heavy atom. The van der Waals surface area contributed by atoms with Gasteiger partial charge < -0.3 is 9.64 Å². The topological polar surface area (TPSA) is 83.8 Å². The van der Waals surface area contributed by atoms with E-state index < -0.39 is 5.60 Å². The van der Waals surface area contributed by atoms with Gasteiger partial charge in [-0.05, 0) is 55.5 Å². The molecule has 1 aliphatic heterocycles. The summed E-state index contributed by atoms with van der Waals surface area (Å²) in [6.45, 7) is 10.3. The first kappa shape index (κ1) is 29.0. The number of hydrogen-bond acceptors (Lipinski definition) is 5. The molecule has 198 valence electrons. The van der Waals surface area contributed by atoms with Gasteiger partial charge in [-0.2, -0.15) is 15.8 Å². The van der Waals surface area contributed by atoms with Crippen molar-refractivity contribution in [2.24, 2.45) is 0 Å². The van der Waals surface area contributed by atoms with Gasteiger partial charge in [-0.25, -0.2) is 0 Å². The number of nitrogens with zero attached hydrogens (tertiary/aromatic N) is 4. The van der Waals surface area contributed by atoms with Crippen LogP contribution in [0.1, 0.15) is 70.1 Å². The van der Waals surface area contributed by atoms with Crippen LogP contribution in [0.15, 0.2) is 77.1 Å². The molecule has 1 aliphatic rings. The van der Waals surface area contributed by atoms with Gasteiger partial charge in [0, 0.05) is 24.4 Å². The lowest BCUT2D eigenvalue weighted by Gasteiger charge is -2.24. The minimum absolute atomic E-state index is 0.0512. The second kappa shape index (κ2) is 13.9. The zero-order valence-electron chi connectivity index (χ0n) is 23.4. The molecule has 0 spiro atoms. The third-order valence-corrected chi connectivity index (χ3v) is 6.73. The number of ether oxygens (including phenoxy) is 1. The van der Waals surface area contributed by atoms with Crippen LogP contribution in [0, 0.1) is 34.0 Å². The van der Waals surface area contributed by atoms with Crippen molar-refractivity contribution in [1.29, 1.82) is 15.8 Å². The summed E-state index contributed by atoms with van der Waals surface area (Å²) in [4.78, 5) is 2.49. The van der Waals surface area contributed by atoms with Crippen LogP contribution in [-0.4, -0.2) is 18.7 Å². The van der Waals surface area contributed by atoms with E-state index in [0.29, 0.717) is 5.57 Å².